The van der Waals surface area contributed by atoms with Gasteiger partial charge in [-0.3, -0.25) is 4.79 Å². The zero-order chi connectivity index (χ0) is 29.7. The van der Waals surface area contributed by atoms with E-state index in [9.17, 15) is 4.79 Å². The average molecular weight is 638 g/mol. The molecule has 10 heteroatoms. The van der Waals surface area contributed by atoms with Gasteiger partial charge in [0.1, 0.15) is 16.8 Å². The average Bonchev–Trinajstić information content (AvgIpc) is 2.95. The van der Waals surface area contributed by atoms with Gasteiger partial charge >= 0.3 is 0 Å². The van der Waals surface area contributed by atoms with Gasteiger partial charge in [0.2, 0.25) is 0 Å². The van der Waals surface area contributed by atoms with Gasteiger partial charge in [0.05, 0.1) is 30.3 Å². The monoisotopic (exact) mass is 636 g/mol. The van der Waals surface area contributed by atoms with E-state index in [-0.39, 0.29) is 28.9 Å². The number of benzene rings is 3. The van der Waals surface area contributed by atoms with E-state index >= 15 is 0 Å². The first kappa shape index (κ1) is 30.1. The molecule has 0 fully saturated rings. The van der Waals surface area contributed by atoms with E-state index in [1.54, 1.807) is 18.2 Å². The first-order chi connectivity index (χ1) is 19.7. The molecule has 0 bridgehead atoms. The van der Waals surface area contributed by atoms with E-state index < -0.39 is 0 Å². The summed E-state index contributed by atoms with van der Waals surface area (Å²) in [4.78, 5) is 18.7. The molecule has 212 valence electrons. The van der Waals surface area contributed by atoms with Crippen LogP contribution in [-0.2, 0) is 0 Å². The molecule has 0 saturated heterocycles. The van der Waals surface area contributed by atoms with Gasteiger partial charge in [0.15, 0.2) is 23.9 Å². The Hall–Kier alpha value is -3.87. The van der Waals surface area contributed by atoms with E-state index in [2.05, 4.69) is 34.9 Å². The molecule has 0 amide bonds. The summed E-state index contributed by atoms with van der Waals surface area (Å²) in [5, 5.41) is 14.2. The lowest BCUT2D eigenvalue weighted by Crippen LogP contribution is -2.21. The third-order valence-electron chi connectivity index (χ3n) is 6.32. The highest BCUT2D eigenvalue weighted by Gasteiger charge is 2.20. The van der Waals surface area contributed by atoms with Crippen molar-refractivity contribution in [2.75, 3.05) is 19.8 Å². The van der Waals surface area contributed by atoms with Crippen LogP contribution < -0.4 is 19.8 Å². The van der Waals surface area contributed by atoms with Gasteiger partial charge in [0, 0.05) is 15.6 Å². The highest BCUT2D eigenvalue weighted by Crippen LogP contribution is 2.42. The molecule has 1 aromatic heterocycles. The molecule has 8 nitrogen and oxygen atoms in total. The van der Waals surface area contributed by atoms with Gasteiger partial charge in [-0.05, 0) is 84.1 Å². The van der Waals surface area contributed by atoms with Crippen molar-refractivity contribution in [1.82, 2.24) is 9.66 Å². The topological polar surface area (TPSA) is 98.7 Å². The fraction of sp³-hybridized carbons (Fsp3) is 0.290. The lowest BCUT2D eigenvalue weighted by Gasteiger charge is -2.18. The van der Waals surface area contributed by atoms with Crippen molar-refractivity contribution in [1.29, 1.82) is 5.26 Å². The predicted octanol–water partition coefficient (Wildman–Crippen LogP) is 7.49. The number of aromatic nitrogens is 2. The fourth-order valence-electron chi connectivity index (χ4n) is 4.40. The maximum atomic E-state index is 13.8. The maximum Gasteiger partial charge on any atom is 0.282 e. The lowest BCUT2D eigenvalue weighted by molar-refractivity contribution is 0.298. The Morgan fingerprint density at radius 2 is 1.83 bits per heavy atom. The molecule has 4 aromatic rings. The van der Waals surface area contributed by atoms with Crippen LogP contribution in [0.2, 0.25) is 5.02 Å². The summed E-state index contributed by atoms with van der Waals surface area (Å²) in [5.74, 6) is 1.98. The molecule has 3 aromatic carbocycles. The van der Waals surface area contributed by atoms with Gasteiger partial charge in [-0.2, -0.15) is 15.0 Å². The van der Waals surface area contributed by atoms with E-state index in [0.717, 1.165) is 22.4 Å². The molecule has 0 spiro atoms. The van der Waals surface area contributed by atoms with Gasteiger partial charge in [-0.1, -0.05) is 37.6 Å². The number of aryl methyl sites for hydroxylation is 1. The summed E-state index contributed by atoms with van der Waals surface area (Å²) in [7, 11) is 0. The number of para-hydroxylation sites is 1. The zero-order valence-electron chi connectivity index (χ0n) is 23.5. The maximum absolute atomic E-state index is 13.8. The Bertz CT molecular complexity index is 1730. The number of halogens is 2. The SMILES string of the molecule is CCOc1cc(C)c(-c2nc3ccccc3c(=O)n2N=Cc2cc(OCC)c(OCC#N)c(Cl)c2Br)cc1C(C)C. The van der Waals surface area contributed by atoms with E-state index in [1.807, 2.05) is 51.1 Å². The summed E-state index contributed by atoms with van der Waals surface area (Å²) in [5.41, 5.74) is 3.47. The highest BCUT2D eigenvalue weighted by molar-refractivity contribution is 9.10. The second-order valence-electron chi connectivity index (χ2n) is 9.41. The Morgan fingerprint density at radius 1 is 1.12 bits per heavy atom. The van der Waals surface area contributed by atoms with Crippen molar-refractivity contribution < 1.29 is 14.2 Å². The molecule has 0 radical (unpaired) electrons. The van der Waals surface area contributed by atoms with Crippen LogP contribution in [-0.4, -0.2) is 35.7 Å². The van der Waals surface area contributed by atoms with Crippen molar-refractivity contribution in [3.8, 4) is 34.7 Å². The van der Waals surface area contributed by atoms with Crippen molar-refractivity contribution in [2.24, 2.45) is 5.10 Å². The largest absolute Gasteiger partial charge is 0.494 e. The summed E-state index contributed by atoms with van der Waals surface area (Å²) in [6.45, 7) is 10.6. The molecular formula is C31H30BrClN4O4. The first-order valence-corrected chi connectivity index (χ1v) is 14.4. The fourth-order valence-corrected chi connectivity index (χ4v) is 5.05. The van der Waals surface area contributed by atoms with Crippen LogP contribution in [0.1, 0.15) is 50.3 Å². The first-order valence-electron chi connectivity index (χ1n) is 13.2. The second-order valence-corrected chi connectivity index (χ2v) is 10.6. The highest BCUT2D eigenvalue weighted by atomic mass is 79.9. The minimum absolute atomic E-state index is 0.178. The zero-order valence-corrected chi connectivity index (χ0v) is 25.8. The molecule has 1 heterocycles. The van der Waals surface area contributed by atoms with E-state index in [1.165, 1.54) is 10.9 Å². The molecule has 4 rings (SSSR count). The van der Waals surface area contributed by atoms with Crippen LogP contribution in [0.25, 0.3) is 22.3 Å². The molecule has 0 aliphatic heterocycles. The number of nitrogens with zero attached hydrogens (tertiary/aromatic N) is 4. The Morgan fingerprint density at radius 3 is 2.51 bits per heavy atom. The number of nitriles is 1. The normalized spacial score (nSPS) is 11.3. The van der Waals surface area contributed by atoms with Crippen LogP contribution in [0.3, 0.4) is 0 Å². The smallest absolute Gasteiger partial charge is 0.282 e. The van der Waals surface area contributed by atoms with Crippen LogP contribution in [0, 0.1) is 18.3 Å². The van der Waals surface area contributed by atoms with Crippen LogP contribution in [0.5, 0.6) is 17.2 Å². The summed E-state index contributed by atoms with van der Waals surface area (Å²) in [6, 6.07) is 14.8. The molecule has 41 heavy (non-hydrogen) atoms. The number of rotatable bonds is 10. The van der Waals surface area contributed by atoms with Gasteiger partial charge in [-0.15, -0.1) is 0 Å². The Kier molecular flexibility index (Phi) is 9.69. The van der Waals surface area contributed by atoms with E-state index in [0.29, 0.717) is 45.7 Å². The minimum Gasteiger partial charge on any atom is -0.494 e. The summed E-state index contributed by atoms with van der Waals surface area (Å²) in [6.07, 6.45) is 1.52. The van der Waals surface area contributed by atoms with Crippen molar-refractivity contribution >= 4 is 44.6 Å². The van der Waals surface area contributed by atoms with Crippen LogP contribution in [0.4, 0.5) is 0 Å². The minimum atomic E-state index is -0.317. The molecule has 0 aliphatic carbocycles. The quantitative estimate of drug-likeness (QED) is 0.167. The van der Waals surface area contributed by atoms with Crippen LogP contribution >= 0.6 is 27.5 Å². The molecular weight excluding hydrogens is 608 g/mol. The number of fused-ring (bicyclic) bond motifs is 1. The van der Waals surface area contributed by atoms with Crippen LogP contribution in [0.15, 0.2) is 56.8 Å². The third kappa shape index (κ3) is 6.24. The Labute approximate surface area is 252 Å². The van der Waals surface area contributed by atoms with Gasteiger partial charge < -0.3 is 14.2 Å². The lowest BCUT2D eigenvalue weighted by atomic mass is 9.96. The molecule has 0 saturated carbocycles. The third-order valence-corrected chi connectivity index (χ3v) is 7.77. The summed E-state index contributed by atoms with van der Waals surface area (Å²) < 4.78 is 18.9. The predicted molar refractivity (Wildman–Crippen MR) is 166 cm³/mol. The molecule has 0 aliphatic rings. The molecule has 0 N–H and O–H groups in total. The van der Waals surface area contributed by atoms with Crippen molar-refractivity contribution in [3.05, 3.63) is 79.0 Å². The summed E-state index contributed by atoms with van der Waals surface area (Å²) >= 11 is 10.1. The van der Waals surface area contributed by atoms with Gasteiger partial charge in [-0.25, -0.2) is 4.98 Å². The Balaban J connectivity index is 1.95. The van der Waals surface area contributed by atoms with E-state index in [4.69, 9.17) is 36.1 Å². The standard InChI is InChI=1S/C31H30BrClN4O4/c1-6-39-25-14-19(5)23(16-22(25)18(3)4)30-36-24-11-9-8-10-21(24)31(38)37(30)35-17-20-15-26(40-7-2)29(41-13-12-34)28(33)27(20)32/h8-11,14-18H,6-7,13H2,1-5H3. The second kappa shape index (κ2) is 13.2. The molecule has 0 atom stereocenters. The number of ether oxygens (including phenoxy) is 3. The van der Waals surface area contributed by atoms with Crippen molar-refractivity contribution in [3.63, 3.8) is 0 Å². The number of hydrogen-bond donors (Lipinski definition) is 0. The van der Waals surface area contributed by atoms with Gasteiger partial charge in [0.25, 0.3) is 5.56 Å². The number of hydrogen-bond acceptors (Lipinski definition) is 7. The van der Waals surface area contributed by atoms with Crippen molar-refractivity contribution in [2.45, 2.75) is 40.5 Å². The molecule has 0 unspecified atom stereocenters.